The van der Waals surface area contributed by atoms with Gasteiger partial charge in [0.1, 0.15) is 18.1 Å². The molecule has 1 aromatic rings. The fourth-order valence-electron chi connectivity index (χ4n) is 0.960. The highest BCUT2D eigenvalue weighted by molar-refractivity contribution is 5.42. The van der Waals surface area contributed by atoms with Crippen LogP contribution in [0.15, 0.2) is 30.4 Å². The Morgan fingerprint density at radius 2 is 2.23 bits per heavy atom. The van der Waals surface area contributed by atoms with Gasteiger partial charge in [-0.05, 0) is 31.6 Å². The second kappa shape index (κ2) is 3.99. The Kier molecular flexibility index (Phi) is 2.96. The van der Waals surface area contributed by atoms with Crippen molar-refractivity contribution in [1.82, 2.24) is 0 Å². The monoisotopic (exact) mass is 178 g/mol. The molecule has 0 aromatic heterocycles. The number of benzene rings is 1. The molecule has 0 heterocycles. The van der Waals surface area contributed by atoms with Crippen LogP contribution in [0.1, 0.15) is 12.5 Å². The maximum atomic E-state index is 9.36. The van der Waals surface area contributed by atoms with Gasteiger partial charge in [-0.3, -0.25) is 0 Å². The average molecular weight is 178 g/mol. The number of rotatable bonds is 3. The highest BCUT2D eigenvalue weighted by Gasteiger charge is 2.02. The van der Waals surface area contributed by atoms with Gasteiger partial charge in [0.2, 0.25) is 0 Å². The SMILES string of the molecule is C=C(C)COc1cccc(O)c1C. The normalized spacial score (nSPS) is 9.69. The van der Waals surface area contributed by atoms with E-state index < -0.39 is 0 Å². The van der Waals surface area contributed by atoms with E-state index >= 15 is 0 Å². The summed E-state index contributed by atoms with van der Waals surface area (Å²) < 4.78 is 5.42. The third-order valence-electron chi connectivity index (χ3n) is 1.73. The largest absolute Gasteiger partial charge is 0.508 e. The van der Waals surface area contributed by atoms with Crippen LogP contribution in [0, 0.1) is 6.92 Å². The molecule has 0 amide bonds. The molecule has 0 unspecified atom stereocenters. The molecule has 0 aliphatic rings. The summed E-state index contributed by atoms with van der Waals surface area (Å²) in [5, 5.41) is 9.36. The Morgan fingerprint density at radius 1 is 1.54 bits per heavy atom. The van der Waals surface area contributed by atoms with Crippen molar-refractivity contribution in [2.75, 3.05) is 6.61 Å². The minimum absolute atomic E-state index is 0.263. The van der Waals surface area contributed by atoms with Gasteiger partial charge in [-0.1, -0.05) is 12.6 Å². The standard InChI is InChI=1S/C11H14O2/c1-8(2)7-13-11-6-4-5-10(12)9(11)3/h4-6,12H,1,7H2,2-3H3. The molecule has 70 valence electrons. The summed E-state index contributed by atoms with van der Waals surface area (Å²) in [6.07, 6.45) is 0. The molecule has 1 rings (SSSR count). The van der Waals surface area contributed by atoms with Crippen LogP contribution in [-0.2, 0) is 0 Å². The van der Waals surface area contributed by atoms with Crippen molar-refractivity contribution in [2.24, 2.45) is 0 Å². The zero-order chi connectivity index (χ0) is 9.84. The minimum atomic E-state index is 0.263. The van der Waals surface area contributed by atoms with Crippen molar-refractivity contribution < 1.29 is 9.84 Å². The fraction of sp³-hybridized carbons (Fsp3) is 0.273. The van der Waals surface area contributed by atoms with E-state index in [9.17, 15) is 5.11 Å². The Labute approximate surface area is 78.5 Å². The van der Waals surface area contributed by atoms with Gasteiger partial charge in [0, 0.05) is 5.56 Å². The van der Waals surface area contributed by atoms with Crippen LogP contribution in [0.25, 0.3) is 0 Å². The predicted octanol–water partition coefficient (Wildman–Crippen LogP) is 2.66. The van der Waals surface area contributed by atoms with Crippen molar-refractivity contribution in [2.45, 2.75) is 13.8 Å². The first kappa shape index (κ1) is 9.65. The lowest BCUT2D eigenvalue weighted by Crippen LogP contribution is -1.98. The summed E-state index contributed by atoms with van der Waals surface area (Å²) in [7, 11) is 0. The molecule has 2 heteroatoms. The van der Waals surface area contributed by atoms with Crippen LogP contribution >= 0.6 is 0 Å². The van der Waals surface area contributed by atoms with Crippen LogP contribution in [0.3, 0.4) is 0 Å². The maximum Gasteiger partial charge on any atom is 0.126 e. The number of aromatic hydroxyl groups is 1. The van der Waals surface area contributed by atoms with Crippen LogP contribution in [0.2, 0.25) is 0 Å². The lowest BCUT2D eigenvalue weighted by atomic mass is 10.2. The smallest absolute Gasteiger partial charge is 0.126 e. The summed E-state index contributed by atoms with van der Waals surface area (Å²) in [6.45, 7) is 7.95. The summed E-state index contributed by atoms with van der Waals surface area (Å²) in [5.41, 5.74) is 1.73. The molecule has 0 saturated carbocycles. The highest BCUT2D eigenvalue weighted by Crippen LogP contribution is 2.25. The average Bonchev–Trinajstić information content (AvgIpc) is 2.07. The Morgan fingerprint density at radius 3 is 2.85 bits per heavy atom. The molecular weight excluding hydrogens is 164 g/mol. The molecule has 0 aliphatic heterocycles. The van der Waals surface area contributed by atoms with Crippen molar-refractivity contribution in [3.8, 4) is 11.5 Å². The molecule has 0 spiro atoms. The lowest BCUT2D eigenvalue weighted by molar-refractivity contribution is 0.346. The van der Waals surface area contributed by atoms with Gasteiger partial charge in [-0.15, -0.1) is 0 Å². The first-order valence-corrected chi connectivity index (χ1v) is 4.17. The van der Waals surface area contributed by atoms with Crippen LogP contribution < -0.4 is 4.74 Å². The zero-order valence-electron chi connectivity index (χ0n) is 8.00. The molecule has 13 heavy (non-hydrogen) atoms. The summed E-state index contributed by atoms with van der Waals surface area (Å²) in [5.74, 6) is 0.974. The third kappa shape index (κ3) is 2.51. The van der Waals surface area contributed by atoms with Crippen molar-refractivity contribution in [3.05, 3.63) is 35.9 Å². The molecular formula is C11H14O2. The molecule has 0 radical (unpaired) electrons. The molecule has 2 nitrogen and oxygen atoms in total. The van der Waals surface area contributed by atoms with E-state index in [0.717, 1.165) is 11.1 Å². The van der Waals surface area contributed by atoms with Gasteiger partial charge in [0.25, 0.3) is 0 Å². The zero-order valence-corrected chi connectivity index (χ0v) is 8.00. The van der Waals surface area contributed by atoms with E-state index in [4.69, 9.17) is 4.74 Å². The van der Waals surface area contributed by atoms with E-state index in [1.807, 2.05) is 19.9 Å². The van der Waals surface area contributed by atoms with Gasteiger partial charge in [0.05, 0.1) is 0 Å². The Hall–Kier alpha value is -1.44. The maximum absolute atomic E-state index is 9.36. The minimum Gasteiger partial charge on any atom is -0.508 e. The molecule has 1 aromatic carbocycles. The molecule has 0 saturated heterocycles. The van der Waals surface area contributed by atoms with Gasteiger partial charge < -0.3 is 9.84 Å². The number of hydrogen-bond donors (Lipinski definition) is 1. The topological polar surface area (TPSA) is 29.5 Å². The number of phenolic OH excluding ortho intramolecular Hbond substituents is 1. The first-order chi connectivity index (χ1) is 6.11. The Bertz CT molecular complexity index is 316. The van der Waals surface area contributed by atoms with Crippen LogP contribution in [0.5, 0.6) is 11.5 Å². The van der Waals surface area contributed by atoms with Gasteiger partial charge in [-0.25, -0.2) is 0 Å². The molecule has 0 aliphatic carbocycles. The first-order valence-electron chi connectivity index (χ1n) is 4.17. The summed E-state index contributed by atoms with van der Waals surface area (Å²) >= 11 is 0. The molecule has 0 atom stereocenters. The van der Waals surface area contributed by atoms with Gasteiger partial charge >= 0.3 is 0 Å². The molecule has 1 N–H and O–H groups in total. The Balaban J connectivity index is 2.77. The van der Waals surface area contributed by atoms with E-state index in [1.165, 1.54) is 0 Å². The third-order valence-corrected chi connectivity index (χ3v) is 1.73. The number of hydrogen-bond acceptors (Lipinski definition) is 2. The van der Waals surface area contributed by atoms with E-state index in [1.54, 1.807) is 12.1 Å². The quantitative estimate of drug-likeness (QED) is 0.721. The molecule has 0 fully saturated rings. The van der Waals surface area contributed by atoms with E-state index in [-0.39, 0.29) is 5.75 Å². The number of phenols is 1. The van der Waals surface area contributed by atoms with Crippen molar-refractivity contribution in [3.63, 3.8) is 0 Å². The van der Waals surface area contributed by atoms with Crippen LogP contribution in [0.4, 0.5) is 0 Å². The fourth-order valence-corrected chi connectivity index (χ4v) is 0.960. The lowest BCUT2D eigenvalue weighted by Gasteiger charge is -2.09. The highest BCUT2D eigenvalue weighted by atomic mass is 16.5. The van der Waals surface area contributed by atoms with E-state index in [0.29, 0.717) is 12.4 Å². The van der Waals surface area contributed by atoms with E-state index in [2.05, 4.69) is 6.58 Å². The van der Waals surface area contributed by atoms with Gasteiger partial charge in [0.15, 0.2) is 0 Å². The summed E-state index contributed by atoms with van der Waals surface area (Å²) in [4.78, 5) is 0. The van der Waals surface area contributed by atoms with Crippen molar-refractivity contribution in [1.29, 1.82) is 0 Å². The number of ether oxygens (including phenoxy) is 1. The van der Waals surface area contributed by atoms with Crippen LogP contribution in [-0.4, -0.2) is 11.7 Å². The second-order valence-electron chi connectivity index (χ2n) is 3.15. The van der Waals surface area contributed by atoms with Gasteiger partial charge in [-0.2, -0.15) is 0 Å². The second-order valence-corrected chi connectivity index (χ2v) is 3.15. The molecule has 0 bridgehead atoms. The summed E-state index contributed by atoms with van der Waals surface area (Å²) in [6, 6.07) is 5.23. The predicted molar refractivity (Wildman–Crippen MR) is 53.2 cm³/mol. The van der Waals surface area contributed by atoms with Crippen molar-refractivity contribution >= 4 is 0 Å².